The van der Waals surface area contributed by atoms with E-state index in [0.29, 0.717) is 30.3 Å². The lowest BCUT2D eigenvalue weighted by atomic mass is 9.84. The van der Waals surface area contributed by atoms with Gasteiger partial charge in [-0.15, -0.1) is 0 Å². The number of halogens is 12. The first-order valence-corrected chi connectivity index (χ1v) is 11.2. The van der Waals surface area contributed by atoms with Crippen LogP contribution in [0.15, 0.2) is 42.5 Å². The van der Waals surface area contributed by atoms with Crippen molar-refractivity contribution < 1.29 is 57.4 Å². The van der Waals surface area contributed by atoms with Crippen LogP contribution in [-0.2, 0) is 6.18 Å². The molecule has 0 saturated heterocycles. The molecule has 41 heavy (non-hydrogen) atoms. The minimum absolute atomic E-state index is 0.374. The Kier molecular flexibility index (Phi) is 6.58. The Morgan fingerprint density at radius 3 is 1.49 bits per heavy atom. The summed E-state index contributed by atoms with van der Waals surface area (Å²) in [5.74, 6) is -19.0. The Labute approximate surface area is 221 Å². The van der Waals surface area contributed by atoms with E-state index in [0.717, 1.165) is 19.2 Å². The molecule has 0 aliphatic rings. The molecule has 5 aromatic rings. The average Bonchev–Trinajstić information content (AvgIpc) is 2.89. The molecular weight excluding hydrogens is 580 g/mol. The molecule has 0 spiro atoms. The standard InChI is InChI=1S/C28H10F12O/c1-41-9-7-14(32)18(15(33)8-9)21-16-10(3-2-4-11(16)29)17(19-12(30)5-6-13(31)20(19)21)22-24(34)26(36)23(28(38,39)40)27(37)25(22)35/h2-8H,1H3. The van der Waals surface area contributed by atoms with Gasteiger partial charge in [-0.25, -0.2) is 39.5 Å². The summed E-state index contributed by atoms with van der Waals surface area (Å²) in [6.45, 7) is 0. The van der Waals surface area contributed by atoms with Gasteiger partial charge < -0.3 is 4.74 Å². The van der Waals surface area contributed by atoms with Crippen LogP contribution in [0.25, 0.3) is 43.8 Å². The molecule has 0 bridgehead atoms. The largest absolute Gasteiger partial charge is 0.497 e. The summed E-state index contributed by atoms with van der Waals surface area (Å²) in [4.78, 5) is 0. The van der Waals surface area contributed by atoms with Gasteiger partial charge >= 0.3 is 6.18 Å². The van der Waals surface area contributed by atoms with Crippen LogP contribution in [0.4, 0.5) is 52.7 Å². The second-order valence-electron chi connectivity index (χ2n) is 8.66. The van der Waals surface area contributed by atoms with Gasteiger partial charge in [0.2, 0.25) is 0 Å². The highest BCUT2D eigenvalue weighted by Crippen LogP contribution is 2.50. The number of hydrogen-bond acceptors (Lipinski definition) is 1. The van der Waals surface area contributed by atoms with E-state index >= 15 is 30.7 Å². The minimum Gasteiger partial charge on any atom is -0.497 e. The first kappa shape index (κ1) is 28.1. The maximum absolute atomic E-state index is 15.4. The molecule has 0 fully saturated rings. The number of methoxy groups -OCH3 is 1. The molecule has 5 aromatic carbocycles. The number of fused-ring (bicyclic) bond motifs is 2. The van der Waals surface area contributed by atoms with E-state index in [1.54, 1.807) is 0 Å². The van der Waals surface area contributed by atoms with Crippen molar-refractivity contribution in [1.82, 2.24) is 0 Å². The molecule has 0 N–H and O–H groups in total. The summed E-state index contributed by atoms with van der Waals surface area (Å²) in [6, 6.07) is 4.32. The summed E-state index contributed by atoms with van der Waals surface area (Å²) in [5.41, 5.74) is -8.35. The van der Waals surface area contributed by atoms with Crippen molar-refractivity contribution in [2.45, 2.75) is 6.18 Å². The van der Waals surface area contributed by atoms with Crippen LogP contribution in [-0.4, -0.2) is 7.11 Å². The summed E-state index contributed by atoms with van der Waals surface area (Å²) in [6.07, 6.45) is -5.92. The second-order valence-corrected chi connectivity index (χ2v) is 8.66. The number of hydrogen-bond donors (Lipinski definition) is 0. The van der Waals surface area contributed by atoms with Gasteiger partial charge in [0.05, 0.1) is 18.2 Å². The van der Waals surface area contributed by atoms with E-state index in [4.69, 9.17) is 4.74 Å². The second kappa shape index (κ2) is 9.60. The first-order valence-electron chi connectivity index (χ1n) is 11.2. The van der Waals surface area contributed by atoms with Crippen molar-refractivity contribution in [2.24, 2.45) is 0 Å². The third-order valence-electron chi connectivity index (χ3n) is 6.43. The minimum atomic E-state index is -5.92. The van der Waals surface area contributed by atoms with Crippen molar-refractivity contribution in [2.75, 3.05) is 7.11 Å². The highest BCUT2D eigenvalue weighted by molar-refractivity contribution is 6.22. The molecule has 0 saturated carbocycles. The molecular formula is C28H10F12O. The summed E-state index contributed by atoms with van der Waals surface area (Å²) in [5, 5.41) is -4.32. The molecule has 0 atom stereocenters. The first-order chi connectivity index (χ1) is 19.2. The Morgan fingerprint density at radius 2 is 1.00 bits per heavy atom. The molecule has 0 heterocycles. The third-order valence-corrected chi connectivity index (χ3v) is 6.43. The Hall–Kier alpha value is -4.42. The van der Waals surface area contributed by atoms with Gasteiger partial charge in [0.15, 0.2) is 23.3 Å². The fraction of sp³-hybridized carbons (Fsp3) is 0.0714. The van der Waals surface area contributed by atoms with Crippen molar-refractivity contribution in [3.63, 3.8) is 0 Å². The number of rotatable bonds is 3. The van der Waals surface area contributed by atoms with Gasteiger partial charge in [0, 0.05) is 39.4 Å². The normalized spacial score (nSPS) is 12.0. The van der Waals surface area contributed by atoms with Crippen LogP contribution in [0.3, 0.4) is 0 Å². The molecule has 0 aliphatic carbocycles. The van der Waals surface area contributed by atoms with Gasteiger partial charge in [-0.3, -0.25) is 0 Å². The lowest BCUT2D eigenvalue weighted by molar-refractivity contribution is -0.143. The van der Waals surface area contributed by atoms with Crippen LogP contribution in [0.5, 0.6) is 5.75 Å². The highest BCUT2D eigenvalue weighted by atomic mass is 19.4. The summed E-state index contributed by atoms with van der Waals surface area (Å²) < 4.78 is 181. The van der Waals surface area contributed by atoms with E-state index in [1.165, 1.54) is 0 Å². The molecule has 0 radical (unpaired) electrons. The maximum Gasteiger partial charge on any atom is 0.422 e. The van der Waals surface area contributed by atoms with E-state index in [2.05, 4.69) is 0 Å². The van der Waals surface area contributed by atoms with Crippen LogP contribution >= 0.6 is 0 Å². The maximum atomic E-state index is 15.4. The fourth-order valence-electron chi connectivity index (χ4n) is 4.80. The zero-order valence-corrected chi connectivity index (χ0v) is 20.0. The van der Waals surface area contributed by atoms with Gasteiger partial charge in [0.25, 0.3) is 0 Å². The van der Waals surface area contributed by atoms with Crippen molar-refractivity contribution in [3.05, 3.63) is 100 Å². The molecule has 1 nitrogen and oxygen atoms in total. The SMILES string of the molecule is COc1cc(F)c(-c2c3c(F)cccc3c(-c3c(F)c(F)c(C(F)(F)F)c(F)c3F)c3c(F)ccc(F)c23)c(F)c1. The number of ether oxygens (including phenoxy) is 1. The van der Waals surface area contributed by atoms with Crippen molar-refractivity contribution in [3.8, 4) is 28.0 Å². The van der Waals surface area contributed by atoms with Crippen LogP contribution < -0.4 is 4.74 Å². The van der Waals surface area contributed by atoms with Gasteiger partial charge in [-0.05, 0) is 23.6 Å². The smallest absolute Gasteiger partial charge is 0.422 e. The molecule has 0 aromatic heterocycles. The number of alkyl halides is 3. The lowest BCUT2D eigenvalue weighted by Crippen LogP contribution is -2.16. The van der Waals surface area contributed by atoms with Gasteiger partial charge in [-0.1, -0.05) is 12.1 Å². The predicted octanol–water partition coefficient (Wildman–Crippen LogP) is 9.61. The Morgan fingerprint density at radius 1 is 0.512 bits per heavy atom. The summed E-state index contributed by atoms with van der Waals surface area (Å²) in [7, 11) is 1.05. The van der Waals surface area contributed by atoms with E-state index in [9.17, 15) is 22.0 Å². The van der Waals surface area contributed by atoms with Crippen molar-refractivity contribution in [1.29, 1.82) is 0 Å². The topological polar surface area (TPSA) is 9.23 Å². The van der Waals surface area contributed by atoms with Crippen LogP contribution in [0.1, 0.15) is 5.56 Å². The molecule has 0 unspecified atom stereocenters. The lowest BCUT2D eigenvalue weighted by Gasteiger charge is -2.21. The van der Waals surface area contributed by atoms with Gasteiger partial charge in [-0.2, -0.15) is 13.2 Å². The van der Waals surface area contributed by atoms with E-state index < -0.39 is 108 Å². The average molecular weight is 590 g/mol. The quantitative estimate of drug-likeness (QED) is 0.116. The molecule has 0 amide bonds. The molecule has 5 rings (SSSR count). The predicted molar refractivity (Wildman–Crippen MR) is 124 cm³/mol. The van der Waals surface area contributed by atoms with E-state index in [1.807, 2.05) is 0 Å². The van der Waals surface area contributed by atoms with Crippen LogP contribution in [0, 0.1) is 52.4 Å². The third kappa shape index (κ3) is 4.13. The fourth-order valence-corrected chi connectivity index (χ4v) is 4.80. The number of benzene rings is 5. The molecule has 0 aliphatic heterocycles. The van der Waals surface area contributed by atoms with Crippen molar-refractivity contribution >= 4 is 21.5 Å². The van der Waals surface area contributed by atoms with Gasteiger partial charge in [0.1, 0.15) is 40.4 Å². The Balaban J connectivity index is 2.12. The zero-order valence-electron chi connectivity index (χ0n) is 20.0. The molecule has 212 valence electrons. The van der Waals surface area contributed by atoms with E-state index in [-0.39, 0.29) is 5.75 Å². The highest BCUT2D eigenvalue weighted by Gasteiger charge is 2.43. The summed E-state index contributed by atoms with van der Waals surface area (Å²) >= 11 is 0. The Bertz CT molecular complexity index is 1860. The monoisotopic (exact) mass is 590 g/mol. The van der Waals surface area contributed by atoms with Crippen LogP contribution in [0.2, 0.25) is 0 Å². The molecule has 13 heteroatoms. The zero-order chi connectivity index (χ0) is 30.1.